The Morgan fingerprint density at radius 2 is 1.82 bits per heavy atom. The number of rotatable bonds is 6. The maximum absolute atomic E-state index is 9.15. The lowest BCUT2D eigenvalue weighted by Crippen LogP contribution is -2.26. The molecule has 0 radical (unpaired) electrons. The summed E-state index contributed by atoms with van der Waals surface area (Å²) < 4.78 is 5.85. The molecule has 2 N–H and O–H groups in total. The Kier molecular flexibility index (Phi) is 4.88. The van der Waals surface area contributed by atoms with E-state index < -0.39 is 0 Å². The molecule has 2 atom stereocenters. The first-order valence-corrected chi connectivity index (χ1v) is 7.68. The van der Waals surface area contributed by atoms with Crippen LogP contribution in [-0.4, -0.2) is 17.8 Å². The fourth-order valence-corrected chi connectivity index (χ4v) is 2.65. The highest BCUT2D eigenvalue weighted by molar-refractivity contribution is 5.33. The SMILES string of the molecule is OC[C@H]1C=C[C@@H](NCc2cccc(Oc3ccccc3)c2)C1. The highest BCUT2D eigenvalue weighted by atomic mass is 16.5. The molecule has 0 fully saturated rings. The zero-order valence-electron chi connectivity index (χ0n) is 12.5. The monoisotopic (exact) mass is 295 g/mol. The minimum atomic E-state index is 0.231. The van der Waals surface area contributed by atoms with E-state index in [1.807, 2.05) is 42.5 Å². The number of aliphatic hydroxyl groups is 1. The van der Waals surface area contributed by atoms with Crippen LogP contribution in [0.25, 0.3) is 0 Å². The lowest BCUT2D eigenvalue weighted by Gasteiger charge is -2.13. The lowest BCUT2D eigenvalue weighted by atomic mass is 10.1. The molecule has 0 unspecified atom stereocenters. The van der Waals surface area contributed by atoms with Crippen molar-refractivity contribution in [3.05, 3.63) is 72.3 Å². The van der Waals surface area contributed by atoms with Gasteiger partial charge in [-0.3, -0.25) is 0 Å². The maximum Gasteiger partial charge on any atom is 0.127 e. The van der Waals surface area contributed by atoms with Crippen LogP contribution in [0.4, 0.5) is 0 Å². The Morgan fingerprint density at radius 3 is 2.59 bits per heavy atom. The van der Waals surface area contributed by atoms with Crippen molar-refractivity contribution in [1.29, 1.82) is 0 Å². The first kappa shape index (κ1) is 14.8. The van der Waals surface area contributed by atoms with Crippen LogP contribution in [0.1, 0.15) is 12.0 Å². The normalized spacial score (nSPS) is 20.2. The molecule has 3 heteroatoms. The number of hydrogen-bond donors (Lipinski definition) is 2. The van der Waals surface area contributed by atoms with Crippen LogP contribution >= 0.6 is 0 Å². The molecule has 1 aliphatic carbocycles. The van der Waals surface area contributed by atoms with E-state index >= 15 is 0 Å². The van der Waals surface area contributed by atoms with Gasteiger partial charge in [-0.1, -0.05) is 42.5 Å². The second-order valence-corrected chi connectivity index (χ2v) is 5.61. The molecule has 1 aliphatic rings. The van der Waals surface area contributed by atoms with Crippen molar-refractivity contribution in [2.45, 2.75) is 19.0 Å². The zero-order chi connectivity index (χ0) is 15.2. The van der Waals surface area contributed by atoms with Crippen molar-refractivity contribution < 1.29 is 9.84 Å². The van der Waals surface area contributed by atoms with Gasteiger partial charge in [0.25, 0.3) is 0 Å². The third-order valence-corrected chi connectivity index (χ3v) is 3.85. The number of hydrogen-bond acceptors (Lipinski definition) is 3. The number of nitrogens with one attached hydrogen (secondary N) is 1. The number of benzene rings is 2. The molecule has 0 saturated carbocycles. The average Bonchev–Trinajstić information content (AvgIpc) is 3.02. The van der Waals surface area contributed by atoms with E-state index in [4.69, 9.17) is 9.84 Å². The third-order valence-electron chi connectivity index (χ3n) is 3.85. The molecule has 0 bridgehead atoms. The summed E-state index contributed by atoms with van der Waals surface area (Å²) in [6.45, 7) is 1.02. The zero-order valence-corrected chi connectivity index (χ0v) is 12.5. The van der Waals surface area contributed by atoms with Crippen molar-refractivity contribution in [2.75, 3.05) is 6.61 Å². The van der Waals surface area contributed by atoms with Gasteiger partial charge in [-0.15, -0.1) is 0 Å². The Hall–Kier alpha value is -2.10. The molecule has 22 heavy (non-hydrogen) atoms. The van der Waals surface area contributed by atoms with Crippen molar-refractivity contribution in [2.24, 2.45) is 5.92 Å². The molecular formula is C19H21NO2. The van der Waals surface area contributed by atoms with Crippen LogP contribution in [0.15, 0.2) is 66.7 Å². The van der Waals surface area contributed by atoms with Crippen molar-refractivity contribution in [3.63, 3.8) is 0 Å². The molecular weight excluding hydrogens is 274 g/mol. The Balaban J connectivity index is 1.56. The standard InChI is InChI=1S/C19H21NO2/c21-14-16-9-10-17(11-16)20-13-15-5-4-8-19(12-15)22-18-6-2-1-3-7-18/h1-10,12,16-17,20-21H,11,13-14H2/t16-,17+/m0/s1. The highest BCUT2D eigenvalue weighted by Gasteiger charge is 2.17. The van der Waals surface area contributed by atoms with Crippen LogP contribution in [0, 0.1) is 5.92 Å². The first-order chi connectivity index (χ1) is 10.8. The van der Waals surface area contributed by atoms with Crippen molar-refractivity contribution in [1.82, 2.24) is 5.32 Å². The summed E-state index contributed by atoms with van der Waals surface area (Å²) in [5, 5.41) is 12.6. The van der Waals surface area contributed by atoms with E-state index in [1.54, 1.807) is 0 Å². The summed E-state index contributed by atoms with van der Waals surface area (Å²) >= 11 is 0. The van der Waals surface area contributed by atoms with Gasteiger partial charge in [0.05, 0.1) is 0 Å². The molecule has 0 amide bonds. The van der Waals surface area contributed by atoms with Crippen molar-refractivity contribution in [3.8, 4) is 11.5 Å². The van der Waals surface area contributed by atoms with Crippen LogP contribution in [-0.2, 0) is 6.54 Å². The van der Waals surface area contributed by atoms with Crippen LogP contribution in [0.2, 0.25) is 0 Å². The highest BCUT2D eigenvalue weighted by Crippen LogP contribution is 2.22. The smallest absolute Gasteiger partial charge is 0.127 e. The molecule has 2 aromatic carbocycles. The summed E-state index contributed by atoms with van der Waals surface area (Å²) in [4.78, 5) is 0. The Labute approximate surface area is 131 Å². The second-order valence-electron chi connectivity index (χ2n) is 5.61. The fraction of sp³-hybridized carbons (Fsp3) is 0.263. The maximum atomic E-state index is 9.15. The number of ether oxygens (including phenoxy) is 1. The quantitative estimate of drug-likeness (QED) is 0.801. The molecule has 0 saturated heterocycles. The Bertz CT molecular complexity index is 624. The summed E-state index contributed by atoms with van der Waals surface area (Å²) in [7, 11) is 0. The molecule has 2 aromatic rings. The summed E-state index contributed by atoms with van der Waals surface area (Å²) in [5.74, 6) is 1.99. The van der Waals surface area contributed by atoms with Gasteiger partial charge in [-0.2, -0.15) is 0 Å². The van der Waals surface area contributed by atoms with Gasteiger partial charge in [-0.05, 0) is 36.2 Å². The van der Waals surface area contributed by atoms with Gasteiger partial charge < -0.3 is 15.2 Å². The van der Waals surface area contributed by atoms with Crippen LogP contribution in [0.3, 0.4) is 0 Å². The molecule has 3 rings (SSSR count). The lowest BCUT2D eigenvalue weighted by molar-refractivity contribution is 0.246. The fourth-order valence-electron chi connectivity index (χ4n) is 2.65. The van der Waals surface area contributed by atoms with Gasteiger partial charge in [0.2, 0.25) is 0 Å². The first-order valence-electron chi connectivity index (χ1n) is 7.68. The average molecular weight is 295 g/mol. The predicted octanol–water partition coefficient (Wildman–Crippen LogP) is 3.51. The van der Waals surface area contributed by atoms with E-state index in [1.165, 1.54) is 5.56 Å². The van der Waals surface area contributed by atoms with E-state index in [-0.39, 0.29) is 6.61 Å². The topological polar surface area (TPSA) is 41.5 Å². The van der Waals surface area contributed by atoms with Gasteiger partial charge in [0.1, 0.15) is 11.5 Å². The molecule has 0 aromatic heterocycles. The van der Waals surface area contributed by atoms with Gasteiger partial charge in [-0.25, -0.2) is 0 Å². The largest absolute Gasteiger partial charge is 0.457 e. The number of aliphatic hydroxyl groups excluding tert-OH is 1. The minimum Gasteiger partial charge on any atom is -0.457 e. The molecule has 0 spiro atoms. The van der Waals surface area contributed by atoms with E-state index in [9.17, 15) is 0 Å². The van der Waals surface area contributed by atoms with E-state index in [2.05, 4.69) is 29.6 Å². The summed E-state index contributed by atoms with van der Waals surface area (Å²) in [6.07, 6.45) is 5.20. The van der Waals surface area contributed by atoms with Gasteiger partial charge in [0, 0.05) is 25.1 Å². The van der Waals surface area contributed by atoms with E-state index in [0.717, 1.165) is 24.5 Å². The second kappa shape index (κ2) is 7.25. The molecule has 0 aliphatic heterocycles. The number of para-hydroxylation sites is 1. The van der Waals surface area contributed by atoms with Gasteiger partial charge in [0.15, 0.2) is 0 Å². The Morgan fingerprint density at radius 1 is 1.00 bits per heavy atom. The van der Waals surface area contributed by atoms with E-state index in [0.29, 0.717) is 12.0 Å². The minimum absolute atomic E-state index is 0.231. The van der Waals surface area contributed by atoms with Crippen molar-refractivity contribution >= 4 is 0 Å². The third kappa shape index (κ3) is 3.97. The molecule has 3 nitrogen and oxygen atoms in total. The summed E-state index contributed by atoms with van der Waals surface area (Å²) in [6, 6.07) is 18.3. The van der Waals surface area contributed by atoms with Gasteiger partial charge >= 0.3 is 0 Å². The van der Waals surface area contributed by atoms with Crippen LogP contribution in [0.5, 0.6) is 11.5 Å². The predicted molar refractivity (Wildman–Crippen MR) is 87.9 cm³/mol. The van der Waals surface area contributed by atoms with Crippen LogP contribution < -0.4 is 10.1 Å². The summed E-state index contributed by atoms with van der Waals surface area (Å²) in [5.41, 5.74) is 1.19. The molecule has 0 heterocycles. The molecule has 114 valence electrons.